The van der Waals surface area contributed by atoms with Gasteiger partial charge in [-0.05, 0) is 42.4 Å². The van der Waals surface area contributed by atoms with Crippen LogP contribution in [0.15, 0.2) is 12.4 Å². The Morgan fingerprint density at radius 2 is 2.26 bits per heavy atom. The first-order valence-corrected chi connectivity index (χ1v) is 7.72. The molecule has 2 saturated carbocycles. The molecule has 0 amide bonds. The fraction of sp³-hybridized carbons (Fsp3) is 0.812. The molecule has 2 aliphatic rings. The lowest BCUT2D eigenvalue weighted by Crippen LogP contribution is -2.51. The van der Waals surface area contributed by atoms with Crippen molar-refractivity contribution in [3.05, 3.63) is 18.2 Å². The minimum atomic E-state index is 0.357. The van der Waals surface area contributed by atoms with Crippen molar-refractivity contribution in [1.29, 1.82) is 0 Å². The Morgan fingerprint density at radius 3 is 2.79 bits per heavy atom. The minimum absolute atomic E-state index is 0.357. The zero-order valence-electron chi connectivity index (χ0n) is 12.7. The Bertz CT molecular complexity index is 432. The highest BCUT2D eigenvalue weighted by atomic mass is 15.1. The molecule has 2 unspecified atom stereocenters. The van der Waals surface area contributed by atoms with Crippen LogP contribution in [-0.2, 0) is 0 Å². The maximum absolute atomic E-state index is 4.44. The van der Waals surface area contributed by atoms with Gasteiger partial charge in [-0.3, -0.25) is 0 Å². The Labute approximate surface area is 116 Å². The molecule has 19 heavy (non-hydrogen) atoms. The van der Waals surface area contributed by atoms with Gasteiger partial charge in [0, 0.05) is 18.4 Å². The van der Waals surface area contributed by atoms with Crippen LogP contribution in [0.25, 0.3) is 0 Å². The summed E-state index contributed by atoms with van der Waals surface area (Å²) in [4.78, 5) is 7.72. The highest BCUT2D eigenvalue weighted by Gasteiger charge is 2.59. The van der Waals surface area contributed by atoms with Gasteiger partial charge in [0.25, 0.3) is 0 Å². The maximum Gasteiger partial charge on any atom is 0.123 e. The zero-order valence-corrected chi connectivity index (χ0v) is 12.7. The highest BCUT2D eigenvalue weighted by molar-refractivity contribution is 5.13. The standard InChI is InChI=1S/C16H27N3/c1-5-12(13-17-8-9-18-13)19-14-15(2,3)11-6-7-16(14,4)10-11/h8-9,11-12,14,19H,5-7,10H2,1-4H3,(H,17,18)/t11-,12?,14?,16+/m0/s1. The van der Waals surface area contributed by atoms with E-state index in [9.17, 15) is 0 Å². The van der Waals surface area contributed by atoms with E-state index in [2.05, 4.69) is 43.0 Å². The average molecular weight is 261 g/mol. The molecule has 106 valence electrons. The van der Waals surface area contributed by atoms with E-state index in [-0.39, 0.29) is 0 Å². The van der Waals surface area contributed by atoms with Gasteiger partial charge in [0.05, 0.1) is 6.04 Å². The fourth-order valence-electron chi connectivity index (χ4n) is 4.78. The summed E-state index contributed by atoms with van der Waals surface area (Å²) in [5.74, 6) is 1.98. The molecule has 2 N–H and O–H groups in total. The molecule has 3 nitrogen and oxygen atoms in total. The molecule has 2 bridgehead atoms. The molecular weight excluding hydrogens is 234 g/mol. The molecule has 0 aliphatic heterocycles. The molecule has 2 aliphatic carbocycles. The van der Waals surface area contributed by atoms with Crippen LogP contribution in [0.1, 0.15) is 65.2 Å². The predicted molar refractivity (Wildman–Crippen MR) is 77.8 cm³/mol. The van der Waals surface area contributed by atoms with Crippen molar-refractivity contribution in [2.75, 3.05) is 0 Å². The largest absolute Gasteiger partial charge is 0.347 e. The van der Waals surface area contributed by atoms with Crippen molar-refractivity contribution >= 4 is 0 Å². The van der Waals surface area contributed by atoms with Gasteiger partial charge in [0.2, 0.25) is 0 Å². The van der Waals surface area contributed by atoms with Crippen LogP contribution in [-0.4, -0.2) is 16.0 Å². The smallest absolute Gasteiger partial charge is 0.123 e. The van der Waals surface area contributed by atoms with Gasteiger partial charge in [-0.1, -0.05) is 27.7 Å². The number of rotatable bonds is 4. The van der Waals surface area contributed by atoms with Crippen LogP contribution in [0, 0.1) is 16.7 Å². The molecule has 0 aromatic carbocycles. The van der Waals surface area contributed by atoms with E-state index >= 15 is 0 Å². The maximum atomic E-state index is 4.44. The molecule has 3 rings (SSSR count). The summed E-state index contributed by atoms with van der Waals surface area (Å²) < 4.78 is 0. The average Bonchev–Trinajstić information content (AvgIpc) is 3.02. The molecule has 0 radical (unpaired) electrons. The summed E-state index contributed by atoms with van der Waals surface area (Å²) >= 11 is 0. The van der Waals surface area contributed by atoms with E-state index in [1.165, 1.54) is 19.3 Å². The van der Waals surface area contributed by atoms with Gasteiger partial charge in [-0.2, -0.15) is 0 Å². The second-order valence-electron chi connectivity index (χ2n) is 7.45. The van der Waals surface area contributed by atoms with E-state index in [0.717, 1.165) is 18.2 Å². The third-order valence-electron chi connectivity index (χ3n) is 5.90. The number of hydrogen-bond donors (Lipinski definition) is 2. The zero-order chi connectivity index (χ0) is 13.7. The van der Waals surface area contributed by atoms with Gasteiger partial charge >= 0.3 is 0 Å². The number of aromatic amines is 1. The highest BCUT2D eigenvalue weighted by Crippen LogP contribution is 2.62. The molecule has 3 heteroatoms. The van der Waals surface area contributed by atoms with Gasteiger partial charge in [0.1, 0.15) is 5.82 Å². The van der Waals surface area contributed by atoms with Crippen molar-refractivity contribution in [2.24, 2.45) is 16.7 Å². The summed E-state index contributed by atoms with van der Waals surface area (Å²) in [6.07, 6.45) is 9.06. The van der Waals surface area contributed by atoms with E-state index in [0.29, 0.717) is 22.9 Å². The first-order chi connectivity index (χ1) is 8.97. The summed E-state index contributed by atoms with van der Waals surface area (Å²) in [6, 6.07) is 0.962. The third kappa shape index (κ3) is 1.94. The quantitative estimate of drug-likeness (QED) is 0.868. The number of nitrogens with one attached hydrogen (secondary N) is 2. The topological polar surface area (TPSA) is 40.7 Å². The van der Waals surface area contributed by atoms with Crippen LogP contribution in [0.5, 0.6) is 0 Å². The van der Waals surface area contributed by atoms with Gasteiger partial charge in [-0.15, -0.1) is 0 Å². The Kier molecular flexibility index (Phi) is 3.01. The van der Waals surface area contributed by atoms with Crippen LogP contribution >= 0.6 is 0 Å². The molecular formula is C16H27N3. The Balaban J connectivity index is 1.82. The lowest BCUT2D eigenvalue weighted by atomic mass is 9.68. The molecule has 4 atom stereocenters. The number of nitrogens with zero attached hydrogens (tertiary/aromatic N) is 1. The van der Waals surface area contributed by atoms with E-state index in [4.69, 9.17) is 0 Å². The van der Waals surface area contributed by atoms with Crippen molar-refractivity contribution in [3.8, 4) is 0 Å². The normalized spacial score (nSPS) is 37.7. The lowest BCUT2D eigenvalue weighted by Gasteiger charge is -2.44. The summed E-state index contributed by atoms with van der Waals surface area (Å²) in [6.45, 7) is 9.63. The number of imidazole rings is 1. The van der Waals surface area contributed by atoms with Gasteiger partial charge in [0.15, 0.2) is 0 Å². The molecule has 0 spiro atoms. The van der Waals surface area contributed by atoms with Crippen LogP contribution < -0.4 is 5.32 Å². The molecule has 2 fully saturated rings. The van der Waals surface area contributed by atoms with E-state index in [1.54, 1.807) is 0 Å². The van der Waals surface area contributed by atoms with Crippen LogP contribution in [0.2, 0.25) is 0 Å². The molecule has 0 saturated heterocycles. The second-order valence-corrected chi connectivity index (χ2v) is 7.45. The minimum Gasteiger partial charge on any atom is -0.347 e. The van der Waals surface area contributed by atoms with Crippen molar-refractivity contribution < 1.29 is 0 Å². The lowest BCUT2D eigenvalue weighted by molar-refractivity contribution is 0.0966. The number of aromatic nitrogens is 2. The van der Waals surface area contributed by atoms with Gasteiger partial charge in [-0.25, -0.2) is 4.98 Å². The number of fused-ring (bicyclic) bond motifs is 2. The van der Waals surface area contributed by atoms with E-state index < -0.39 is 0 Å². The van der Waals surface area contributed by atoms with Crippen molar-refractivity contribution in [1.82, 2.24) is 15.3 Å². The van der Waals surface area contributed by atoms with Crippen LogP contribution in [0.4, 0.5) is 0 Å². The Hall–Kier alpha value is -0.830. The first kappa shape index (κ1) is 13.2. The van der Waals surface area contributed by atoms with Crippen molar-refractivity contribution in [2.45, 2.75) is 65.5 Å². The fourth-order valence-corrected chi connectivity index (χ4v) is 4.78. The monoisotopic (exact) mass is 261 g/mol. The number of H-pyrrole nitrogens is 1. The van der Waals surface area contributed by atoms with Crippen molar-refractivity contribution in [3.63, 3.8) is 0 Å². The summed E-state index contributed by atoms with van der Waals surface area (Å²) in [5, 5.41) is 3.94. The molecule has 1 heterocycles. The van der Waals surface area contributed by atoms with Crippen LogP contribution in [0.3, 0.4) is 0 Å². The molecule has 1 aromatic heterocycles. The van der Waals surface area contributed by atoms with Gasteiger partial charge < -0.3 is 10.3 Å². The molecule has 1 aromatic rings. The Morgan fingerprint density at radius 1 is 1.47 bits per heavy atom. The third-order valence-corrected chi connectivity index (χ3v) is 5.90. The number of hydrogen-bond acceptors (Lipinski definition) is 2. The SMILES string of the molecule is CCC(NC1C(C)(C)[C@H]2CC[C@]1(C)C2)c1ncc[nH]1. The van der Waals surface area contributed by atoms with E-state index in [1.807, 2.05) is 12.4 Å². The second kappa shape index (κ2) is 4.34. The predicted octanol–water partition coefficient (Wildman–Crippen LogP) is 3.67. The summed E-state index contributed by atoms with van der Waals surface area (Å²) in [7, 11) is 0. The summed E-state index contributed by atoms with van der Waals surface area (Å²) in [5.41, 5.74) is 0.890. The first-order valence-electron chi connectivity index (χ1n) is 7.72.